The molecule has 0 aromatic carbocycles. The van der Waals surface area contributed by atoms with E-state index in [1.165, 1.54) is 21.9 Å². The number of aromatic nitrogens is 4. The van der Waals surface area contributed by atoms with Gasteiger partial charge in [-0.2, -0.15) is 18.3 Å². The van der Waals surface area contributed by atoms with E-state index in [0.29, 0.717) is 47.3 Å². The zero-order valence-corrected chi connectivity index (χ0v) is 26.8. The number of rotatable bonds is 6. The van der Waals surface area contributed by atoms with Gasteiger partial charge in [-0.05, 0) is 83.7 Å². The summed E-state index contributed by atoms with van der Waals surface area (Å²) in [6.07, 6.45) is -3.99. The number of hydrogen-bond acceptors (Lipinski definition) is 5. The number of carboxylic acid groups (broad SMARTS) is 1. The normalized spacial score (nSPS) is 20.5. The SMILES string of the molecule is Cc1c(-c2cc3ccc(C(C)(O)C(F)(F)F)nc3n2CC2CC2)nn2cc(C(=O)N3C[C@H](F)C[C@@H](N(C(=O)O)C(C)(C)C)C3)ccc12. The molecule has 10 nitrogen and oxygen atoms in total. The summed E-state index contributed by atoms with van der Waals surface area (Å²) in [5.74, 6) is -0.118. The summed E-state index contributed by atoms with van der Waals surface area (Å²) in [5.41, 5.74) is -1.20. The fourth-order valence-electron chi connectivity index (χ4n) is 6.56. The van der Waals surface area contributed by atoms with Crippen LogP contribution in [-0.4, -0.2) is 88.2 Å². The Morgan fingerprint density at radius 1 is 1.06 bits per heavy atom. The van der Waals surface area contributed by atoms with Crippen LogP contribution in [0.15, 0.2) is 36.5 Å². The number of fused-ring (bicyclic) bond motifs is 2. The maximum atomic E-state index is 14.9. The summed E-state index contributed by atoms with van der Waals surface area (Å²) in [6.45, 7) is 8.13. The van der Waals surface area contributed by atoms with E-state index in [9.17, 15) is 37.4 Å². The summed E-state index contributed by atoms with van der Waals surface area (Å²) in [4.78, 5) is 32.6. The molecule has 0 radical (unpaired) electrons. The fraction of sp³-hybridized carbons (Fsp3) is 0.515. The molecule has 0 bridgehead atoms. The Morgan fingerprint density at radius 2 is 1.77 bits per heavy atom. The molecule has 14 heteroatoms. The number of alkyl halides is 4. The Balaban J connectivity index is 1.36. The van der Waals surface area contributed by atoms with Gasteiger partial charge >= 0.3 is 12.3 Å². The van der Waals surface area contributed by atoms with Gasteiger partial charge in [-0.3, -0.25) is 9.69 Å². The molecule has 6 rings (SSSR count). The summed E-state index contributed by atoms with van der Waals surface area (Å²) in [6, 6.07) is 7.15. The molecule has 47 heavy (non-hydrogen) atoms. The number of hydrogen-bond donors (Lipinski definition) is 2. The van der Waals surface area contributed by atoms with Gasteiger partial charge in [0.25, 0.3) is 5.91 Å². The van der Waals surface area contributed by atoms with Gasteiger partial charge in [0.2, 0.25) is 0 Å². The Kier molecular flexibility index (Phi) is 7.80. The number of carbonyl (C=O) groups is 2. The predicted octanol–water partition coefficient (Wildman–Crippen LogP) is 6.17. The van der Waals surface area contributed by atoms with Crippen molar-refractivity contribution in [3.05, 3.63) is 53.3 Å². The Hall–Kier alpha value is -4.20. The molecule has 1 unspecified atom stereocenters. The van der Waals surface area contributed by atoms with Gasteiger partial charge in [-0.15, -0.1) is 0 Å². The van der Waals surface area contributed by atoms with Gasteiger partial charge in [0, 0.05) is 42.2 Å². The van der Waals surface area contributed by atoms with Crippen molar-refractivity contribution in [1.82, 2.24) is 29.0 Å². The maximum Gasteiger partial charge on any atom is 0.422 e. The molecule has 2 amide bonds. The number of halogens is 4. The van der Waals surface area contributed by atoms with Crippen LogP contribution in [0.25, 0.3) is 27.9 Å². The lowest BCUT2D eigenvalue weighted by Crippen LogP contribution is -2.59. The molecule has 2 fully saturated rings. The van der Waals surface area contributed by atoms with Crippen molar-refractivity contribution in [3.63, 3.8) is 0 Å². The zero-order valence-electron chi connectivity index (χ0n) is 26.8. The third kappa shape index (κ3) is 5.92. The first kappa shape index (κ1) is 32.7. The number of piperidine rings is 1. The fourth-order valence-corrected chi connectivity index (χ4v) is 6.56. The highest BCUT2D eigenvalue weighted by Crippen LogP contribution is 2.40. The summed E-state index contributed by atoms with van der Waals surface area (Å²) >= 11 is 0. The number of aryl methyl sites for hydroxylation is 1. The summed E-state index contributed by atoms with van der Waals surface area (Å²) in [5, 5.41) is 25.6. The maximum absolute atomic E-state index is 14.9. The first-order valence-corrected chi connectivity index (χ1v) is 15.6. The van der Waals surface area contributed by atoms with E-state index in [0.717, 1.165) is 18.4 Å². The number of likely N-dealkylation sites (tertiary alicyclic amines) is 1. The molecule has 4 aromatic heterocycles. The highest BCUT2D eigenvalue weighted by atomic mass is 19.4. The molecule has 5 heterocycles. The van der Waals surface area contributed by atoms with E-state index in [-0.39, 0.29) is 25.1 Å². The number of amides is 2. The lowest BCUT2D eigenvalue weighted by molar-refractivity contribution is -0.260. The average Bonchev–Trinajstić information content (AvgIpc) is 3.64. The van der Waals surface area contributed by atoms with Gasteiger partial charge in [0.05, 0.1) is 35.1 Å². The van der Waals surface area contributed by atoms with Crippen LogP contribution in [0.4, 0.5) is 22.4 Å². The molecule has 1 saturated carbocycles. The largest absolute Gasteiger partial charge is 0.465 e. The average molecular weight is 659 g/mol. The Labute approximate surface area is 268 Å². The van der Waals surface area contributed by atoms with Gasteiger partial charge in [0.15, 0.2) is 5.60 Å². The molecular weight excluding hydrogens is 620 g/mol. The topological polar surface area (TPSA) is 116 Å². The second-order valence-corrected chi connectivity index (χ2v) is 14.0. The van der Waals surface area contributed by atoms with E-state index < -0.39 is 47.2 Å². The van der Waals surface area contributed by atoms with E-state index in [1.807, 2.05) is 17.6 Å². The highest BCUT2D eigenvalue weighted by molar-refractivity contribution is 5.95. The van der Waals surface area contributed by atoms with Gasteiger partial charge in [0.1, 0.15) is 17.5 Å². The van der Waals surface area contributed by atoms with Crippen LogP contribution in [0.5, 0.6) is 0 Å². The van der Waals surface area contributed by atoms with Crippen LogP contribution >= 0.6 is 0 Å². The van der Waals surface area contributed by atoms with Crippen LogP contribution in [0.3, 0.4) is 0 Å². The molecule has 2 aliphatic rings. The molecule has 2 N–H and O–H groups in total. The van der Waals surface area contributed by atoms with Gasteiger partial charge < -0.3 is 19.7 Å². The van der Waals surface area contributed by atoms with Gasteiger partial charge in [-0.25, -0.2) is 18.7 Å². The lowest BCUT2D eigenvalue weighted by Gasteiger charge is -2.45. The highest BCUT2D eigenvalue weighted by Gasteiger charge is 2.52. The standard InChI is InChI=1S/C33H38F4N6O4/c1-18-24-10-8-21(29(44)40-16-22(34)13-23(17-40)43(30(45)46)31(2,3)4)15-42(24)39-27(18)25-12-20-9-11-26(32(5,47)33(35,36)37)38-28(20)41(25)14-19-6-7-19/h8-12,15,19,22-23,47H,6-7,13-14,16-17H2,1-5H3,(H,45,46)/t22-,23-,32?/m1/s1. The van der Waals surface area contributed by atoms with Crippen molar-refractivity contribution < 1.29 is 37.4 Å². The van der Waals surface area contributed by atoms with Crippen LogP contribution in [-0.2, 0) is 12.1 Å². The smallest absolute Gasteiger partial charge is 0.422 e. The third-order valence-electron chi connectivity index (χ3n) is 9.26. The molecule has 0 spiro atoms. The minimum atomic E-state index is -4.92. The lowest BCUT2D eigenvalue weighted by atomic mass is 9.96. The molecule has 1 aliphatic carbocycles. The summed E-state index contributed by atoms with van der Waals surface area (Å²) < 4.78 is 59.3. The number of carbonyl (C=O) groups excluding carboxylic acids is 1. The molecule has 4 aromatic rings. The van der Waals surface area contributed by atoms with Crippen LogP contribution in [0.2, 0.25) is 0 Å². The van der Waals surface area contributed by atoms with Crippen LogP contribution in [0.1, 0.15) is 68.6 Å². The number of pyridine rings is 2. The van der Waals surface area contributed by atoms with Crippen LogP contribution in [0, 0.1) is 12.8 Å². The quantitative estimate of drug-likeness (QED) is 0.240. The van der Waals surface area contributed by atoms with Crippen molar-refractivity contribution in [2.24, 2.45) is 5.92 Å². The van der Waals surface area contributed by atoms with E-state index >= 15 is 0 Å². The first-order chi connectivity index (χ1) is 21.9. The summed E-state index contributed by atoms with van der Waals surface area (Å²) in [7, 11) is 0. The van der Waals surface area contributed by atoms with E-state index in [1.54, 1.807) is 43.6 Å². The van der Waals surface area contributed by atoms with Crippen LogP contribution < -0.4 is 0 Å². The van der Waals surface area contributed by atoms with E-state index in [2.05, 4.69) is 4.98 Å². The van der Waals surface area contributed by atoms with Crippen molar-refractivity contribution in [1.29, 1.82) is 0 Å². The number of nitrogens with zero attached hydrogens (tertiary/aromatic N) is 6. The minimum Gasteiger partial charge on any atom is -0.465 e. The molecular formula is C33H38F4N6O4. The monoisotopic (exact) mass is 658 g/mol. The predicted molar refractivity (Wildman–Crippen MR) is 166 cm³/mol. The second-order valence-electron chi connectivity index (χ2n) is 14.0. The Morgan fingerprint density at radius 3 is 2.38 bits per heavy atom. The molecule has 3 atom stereocenters. The second kappa shape index (κ2) is 11.2. The molecule has 1 aliphatic heterocycles. The van der Waals surface area contributed by atoms with E-state index in [4.69, 9.17) is 5.10 Å². The number of aliphatic hydroxyl groups is 1. The Bertz CT molecular complexity index is 1870. The third-order valence-corrected chi connectivity index (χ3v) is 9.26. The zero-order chi connectivity index (χ0) is 34.2. The van der Waals surface area contributed by atoms with Crippen molar-refractivity contribution in [2.75, 3.05) is 13.1 Å². The molecule has 1 saturated heterocycles. The van der Waals surface area contributed by atoms with Gasteiger partial charge in [-0.1, -0.05) is 0 Å². The van der Waals surface area contributed by atoms with Crippen molar-refractivity contribution in [2.45, 2.75) is 90.0 Å². The molecule has 252 valence electrons. The van der Waals surface area contributed by atoms with Crippen molar-refractivity contribution >= 4 is 28.6 Å². The van der Waals surface area contributed by atoms with Crippen molar-refractivity contribution in [3.8, 4) is 11.4 Å². The first-order valence-electron chi connectivity index (χ1n) is 15.6. The minimum absolute atomic E-state index is 0.00689.